The van der Waals surface area contributed by atoms with E-state index in [1.807, 2.05) is 6.08 Å². The van der Waals surface area contributed by atoms with Crippen molar-refractivity contribution in [1.29, 1.82) is 0 Å². The molecule has 0 aromatic heterocycles. The first-order valence-corrected chi connectivity index (χ1v) is 9.72. The molecule has 0 unspecified atom stereocenters. The lowest BCUT2D eigenvalue weighted by molar-refractivity contribution is -0.136. The van der Waals surface area contributed by atoms with Gasteiger partial charge in [-0.05, 0) is 48.8 Å². The van der Waals surface area contributed by atoms with E-state index in [0.29, 0.717) is 23.3 Å². The van der Waals surface area contributed by atoms with Crippen LogP contribution in [0.25, 0.3) is 5.76 Å². The lowest BCUT2D eigenvalue weighted by atomic mass is 9.84. The predicted molar refractivity (Wildman–Crippen MR) is 104 cm³/mol. The van der Waals surface area contributed by atoms with Crippen molar-refractivity contribution in [2.24, 2.45) is 11.3 Å². The van der Waals surface area contributed by atoms with Crippen molar-refractivity contribution in [1.82, 2.24) is 0 Å². The SMILES string of the molecule is CCC(C)(C)CCc1cccc(C2=CCC(C(=O)OC)=C(C3CC3)O2)c1. The zero-order valence-corrected chi connectivity index (χ0v) is 16.4. The number of ether oxygens (including phenoxy) is 2. The Morgan fingerprint density at radius 2 is 2.08 bits per heavy atom. The van der Waals surface area contributed by atoms with Gasteiger partial charge in [0.1, 0.15) is 11.5 Å². The molecule has 0 N–H and O–H groups in total. The maximum absolute atomic E-state index is 12.0. The van der Waals surface area contributed by atoms with Gasteiger partial charge >= 0.3 is 5.97 Å². The second-order valence-corrected chi connectivity index (χ2v) is 8.20. The summed E-state index contributed by atoms with van der Waals surface area (Å²) in [5.41, 5.74) is 3.48. The van der Waals surface area contributed by atoms with Gasteiger partial charge in [0.2, 0.25) is 0 Å². The first-order valence-electron chi connectivity index (χ1n) is 9.72. The van der Waals surface area contributed by atoms with Crippen molar-refractivity contribution in [2.45, 2.75) is 59.3 Å². The third-order valence-electron chi connectivity index (χ3n) is 5.65. The molecule has 1 fully saturated rings. The van der Waals surface area contributed by atoms with Crippen LogP contribution in [0.3, 0.4) is 0 Å². The van der Waals surface area contributed by atoms with Gasteiger partial charge in [-0.25, -0.2) is 4.79 Å². The summed E-state index contributed by atoms with van der Waals surface area (Å²) in [4.78, 5) is 12.0. The molecule has 1 heterocycles. The normalized spacial score (nSPS) is 17.6. The summed E-state index contributed by atoms with van der Waals surface area (Å²) in [6, 6.07) is 8.61. The molecule has 3 nitrogen and oxygen atoms in total. The molecule has 3 heteroatoms. The Labute approximate surface area is 157 Å². The quantitative estimate of drug-likeness (QED) is 0.593. The number of rotatable bonds is 7. The van der Waals surface area contributed by atoms with Crippen LogP contribution in [-0.2, 0) is 20.7 Å². The van der Waals surface area contributed by atoms with E-state index in [2.05, 4.69) is 45.0 Å². The highest BCUT2D eigenvalue weighted by molar-refractivity contribution is 5.90. The average molecular weight is 354 g/mol. The van der Waals surface area contributed by atoms with Gasteiger partial charge in [-0.15, -0.1) is 0 Å². The molecule has 1 aliphatic carbocycles. The minimum absolute atomic E-state index is 0.266. The van der Waals surface area contributed by atoms with Gasteiger partial charge < -0.3 is 9.47 Å². The fourth-order valence-corrected chi connectivity index (χ4v) is 3.22. The molecule has 1 saturated carbocycles. The number of benzene rings is 1. The molecule has 2 aliphatic rings. The fourth-order valence-electron chi connectivity index (χ4n) is 3.22. The fraction of sp³-hybridized carbons (Fsp3) is 0.522. The molecule has 0 saturated heterocycles. The standard InChI is InChI=1S/C23H30O3/c1-5-23(2,3)14-13-16-7-6-8-18(15-16)20-12-11-19(22(24)25-4)21(26-20)17-9-10-17/h6-8,12,15,17H,5,9-11,13-14H2,1-4H3. The predicted octanol–water partition coefficient (Wildman–Crippen LogP) is 5.65. The smallest absolute Gasteiger partial charge is 0.337 e. The Morgan fingerprint density at radius 1 is 1.31 bits per heavy atom. The van der Waals surface area contributed by atoms with Gasteiger partial charge in [-0.2, -0.15) is 0 Å². The summed E-state index contributed by atoms with van der Waals surface area (Å²) in [6.07, 6.45) is 8.21. The van der Waals surface area contributed by atoms with Gasteiger partial charge in [-0.3, -0.25) is 0 Å². The Bertz CT molecular complexity index is 736. The van der Waals surface area contributed by atoms with Crippen molar-refractivity contribution in [3.8, 4) is 0 Å². The van der Waals surface area contributed by atoms with E-state index >= 15 is 0 Å². The molecule has 1 aromatic carbocycles. The summed E-state index contributed by atoms with van der Waals surface area (Å²) in [7, 11) is 1.43. The molecule has 140 valence electrons. The van der Waals surface area contributed by atoms with E-state index in [0.717, 1.165) is 36.3 Å². The van der Waals surface area contributed by atoms with Crippen molar-refractivity contribution in [2.75, 3.05) is 7.11 Å². The maximum atomic E-state index is 12.0. The van der Waals surface area contributed by atoms with E-state index in [4.69, 9.17) is 9.47 Å². The lowest BCUT2D eigenvalue weighted by Crippen LogP contribution is -2.14. The Balaban J connectivity index is 1.75. The average Bonchev–Trinajstić information content (AvgIpc) is 3.51. The number of carbonyl (C=O) groups is 1. The van der Waals surface area contributed by atoms with Crippen molar-refractivity contribution in [3.05, 3.63) is 52.8 Å². The molecular weight excluding hydrogens is 324 g/mol. The third kappa shape index (κ3) is 4.38. The molecular formula is C23H30O3. The highest BCUT2D eigenvalue weighted by Gasteiger charge is 2.35. The minimum Gasteiger partial charge on any atom is -0.466 e. The molecule has 3 rings (SSSR count). The van der Waals surface area contributed by atoms with Crippen LogP contribution in [-0.4, -0.2) is 13.1 Å². The van der Waals surface area contributed by atoms with Crippen LogP contribution in [0, 0.1) is 11.3 Å². The molecule has 0 amide bonds. The highest BCUT2D eigenvalue weighted by Crippen LogP contribution is 2.43. The molecule has 26 heavy (non-hydrogen) atoms. The summed E-state index contributed by atoms with van der Waals surface area (Å²) < 4.78 is 11.1. The number of esters is 1. The molecule has 0 atom stereocenters. The zero-order valence-electron chi connectivity index (χ0n) is 16.4. The summed E-state index contributed by atoms with van der Waals surface area (Å²) in [6.45, 7) is 6.90. The maximum Gasteiger partial charge on any atom is 0.337 e. The number of carbonyl (C=O) groups excluding carboxylic acids is 1. The number of hydrogen-bond donors (Lipinski definition) is 0. The van der Waals surface area contributed by atoms with E-state index in [1.165, 1.54) is 25.5 Å². The number of methoxy groups -OCH3 is 1. The summed E-state index contributed by atoms with van der Waals surface area (Å²) in [5, 5.41) is 0. The van der Waals surface area contributed by atoms with Crippen LogP contribution in [0.1, 0.15) is 64.0 Å². The molecule has 1 aliphatic heterocycles. The van der Waals surface area contributed by atoms with Gasteiger partial charge in [0, 0.05) is 17.9 Å². The largest absolute Gasteiger partial charge is 0.466 e. The highest BCUT2D eigenvalue weighted by atomic mass is 16.5. The van der Waals surface area contributed by atoms with Crippen molar-refractivity contribution >= 4 is 11.7 Å². The Kier molecular flexibility index (Phi) is 5.55. The second-order valence-electron chi connectivity index (χ2n) is 8.20. The molecule has 0 spiro atoms. The van der Waals surface area contributed by atoms with Crippen LogP contribution >= 0.6 is 0 Å². The number of hydrogen-bond acceptors (Lipinski definition) is 3. The van der Waals surface area contributed by atoms with Crippen LogP contribution in [0.2, 0.25) is 0 Å². The summed E-state index contributed by atoms with van der Waals surface area (Å²) in [5.74, 6) is 1.81. The van der Waals surface area contributed by atoms with E-state index < -0.39 is 0 Å². The van der Waals surface area contributed by atoms with Gasteiger partial charge in [-0.1, -0.05) is 45.4 Å². The molecule has 1 aromatic rings. The van der Waals surface area contributed by atoms with Crippen molar-refractivity contribution < 1.29 is 14.3 Å². The minimum atomic E-state index is -0.266. The third-order valence-corrected chi connectivity index (χ3v) is 5.65. The molecule has 0 radical (unpaired) electrons. The first-order chi connectivity index (χ1) is 12.4. The number of allylic oxidation sites excluding steroid dienone is 2. The Morgan fingerprint density at radius 3 is 2.73 bits per heavy atom. The van der Waals surface area contributed by atoms with E-state index in [9.17, 15) is 4.79 Å². The molecule has 0 bridgehead atoms. The monoisotopic (exact) mass is 354 g/mol. The van der Waals surface area contributed by atoms with Crippen LogP contribution in [0.5, 0.6) is 0 Å². The van der Waals surface area contributed by atoms with Crippen LogP contribution in [0.4, 0.5) is 0 Å². The lowest BCUT2D eigenvalue weighted by Gasteiger charge is -2.23. The van der Waals surface area contributed by atoms with Crippen LogP contribution in [0.15, 0.2) is 41.7 Å². The summed E-state index contributed by atoms with van der Waals surface area (Å²) >= 11 is 0. The van der Waals surface area contributed by atoms with Crippen LogP contribution < -0.4 is 0 Å². The zero-order chi connectivity index (χ0) is 18.7. The van der Waals surface area contributed by atoms with E-state index in [1.54, 1.807) is 0 Å². The van der Waals surface area contributed by atoms with Gasteiger partial charge in [0.05, 0.1) is 12.7 Å². The first kappa shape index (κ1) is 18.8. The number of aryl methyl sites for hydroxylation is 1. The van der Waals surface area contributed by atoms with Gasteiger partial charge in [0.25, 0.3) is 0 Å². The van der Waals surface area contributed by atoms with Crippen molar-refractivity contribution in [3.63, 3.8) is 0 Å². The van der Waals surface area contributed by atoms with Gasteiger partial charge in [0.15, 0.2) is 0 Å². The Hall–Kier alpha value is -2.03. The topological polar surface area (TPSA) is 35.5 Å². The van der Waals surface area contributed by atoms with E-state index in [-0.39, 0.29) is 5.97 Å². The second kappa shape index (κ2) is 7.69.